The molecule has 12 heteroatoms. The van der Waals surface area contributed by atoms with Gasteiger partial charge < -0.3 is 39.0 Å². The fraction of sp³-hybridized carbons (Fsp3) is 0.614. The molecule has 0 aliphatic carbocycles. The van der Waals surface area contributed by atoms with E-state index in [4.69, 9.17) is 23.7 Å². The molecule has 1 saturated heterocycles. The summed E-state index contributed by atoms with van der Waals surface area (Å²) in [5, 5.41) is 31.3. The Morgan fingerprint density at radius 1 is 0.507 bits per heavy atom. The number of aliphatic hydroxyl groups excluding tert-OH is 2. The Labute approximate surface area is 415 Å². The number of carbonyl (C=O) groups excluding carboxylic acids is 3. The van der Waals surface area contributed by atoms with E-state index in [1.807, 2.05) is 18.2 Å². The Balaban J connectivity index is 2.83. The van der Waals surface area contributed by atoms with Crippen LogP contribution < -0.4 is 0 Å². The molecule has 1 heterocycles. The third-order valence-corrected chi connectivity index (χ3v) is 10.9. The first-order valence-electron chi connectivity index (χ1n) is 25.9. The number of allylic oxidation sites excluding steroid dienone is 17. The topological polar surface area (TPSA) is 175 Å². The summed E-state index contributed by atoms with van der Waals surface area (Å²) in [5.74, 6) is -3.36. The molecule has 388 valence electrons. The number of aliphatic hydroxyl groups is 2. The molecule has 0 saturated carbocycles. The first kappa shape index (κ1) is 62.4. The first-order valence-corrected chi connectivity index (χ1v) is 25.9. The minimum absolute atomic E-state index is 0.0283. The number of carboxylic acids is 1. The molecule has 0 amide bonds. The maximum absolute atomic E-state index is 13.1. The van der Waals surface area contributed by atoms with Crippen LogP contribution in [0, 0.1) is 0 Å². The Bertz CT molecular complexity index is 1620. The molecule has 0 aromatic carbocycles. The summed E-state index contributed by atoms with van der Waals surface area (Å²) in [5.41, 5.74) is 0. The Morgan fingerprint density at radius 2 is 0.957 bits per heavy atom. The quantitative estimate of drug-likeness (QED) is 0.0229. The second kappa shape index (κ2) is 44.6. The van der Waals surface area contributed by atoms with E-state index in [0.717, 1.165) is 89.9 Å². The number of esters is 3. The van der Waals surface area contributed by atoms with E-state index < -0.39 is 67.3 Å². The van der Waals surface area contributed by atoms with Crippen LogP contribution in [0.5, 0.6) is 0 Å². The van der Waals surface area contributed by atoms with E-state index >= 15 is 0 Å². The lowest BCUT2D eigenvalue weighted by atomic mass is 9.98. The van der Waals surface area contributed by atoms with Gasteiger partial charge in [-0.3, -0.25) is 14.4 Å². The molecule has 1 aliphatic rings. The van der Waals surface area contributed by atoms with Crippen LogP contribution in [0.15, 0.2) is 109 Å². The van der Waals surface area contributed by atoms with Crippen molar-refractivity contribution >= 4 is 23.9 Å². The highest BCUT2D eigenvalue weighted by Crippen LogP contribution is 2.26. The van der Waals surface area contributed by atoms with Crippen molar-refractivity contribution in [2.45, 2.75) is 212 Å². The summed E-state index contributed by atoms with van der Waals surface area (Å²) in [7, 11) is 0. The fourth-order valence-electron chi connectivity index (χ4n) is 6.96. The van der Waals surface area contributed by atoms with Crippen LogP contribution in [-0.2, 0) is 42.9 Å². The summed E-state index contributed by atoms with van der Waals surface area (Å²) >= 11 is 0. The molecule has 1 aliphatic heterocycles. The highest BCUT2D eigenvalue weighted by molar-refractivity contribution is 5.74. The molecular formula is C57H88O12. The van der Waals surface area contributed by atoms with Gasteiger partial charge >= 0.3 is 23.9 Å². The van der Waals surface area contributed by atoms with Crippen molar-refractivity contribution in [2.75, 3.05) is 13.2 Å². The summed E-state index contributed by atoms with van der Waals surface area (Å²) in [6.45, 7) is 5.56. The van der Waals surface area contributed by atoms with Gasteiger partial charge in [-0.2, -0.15) is 0 Å². The van der Waals surface area contributed by atoms with E-state index in [1.54, 1.807) is 6.08 Å². The minimum Gasteiger partial charge on any atom is -0.479 e. The van der Waals surface area contributed by atoms with Gasteiger partial charge in [0.15, 0.2) is 24.6 Å². The zero-order valence-corrected chi connectivity index (χ0v) is 42.3. The number of rotatable bonds is 41. The van der Waals surface area contributed by atoms with E-state index in [9.17, 15) is 34.5 Å². The lowest BCUT2D eigenvalue weighted by Gasteiger charge is -2.40. The van der Waals surface area contributed by atoms with E-state index in [0.29, 0.717) is 19.3 Å². The second-order valence-electron chi connectivity index (χ2n) is 17.1. The van der Waals surface area contributed by atoms with Crippen molar-refractivity contribution < 1.29 is 58.2 Å². The molecule has 0 aromatic heterocycles. The maximum Gasteiger partial charge on any atom is 0.335 e. The normalized spacial score (nSPS) is 19.6. The summed E-state index contributed by atoms with van der Waals surface area (Å²) < 4.78 is 28.1. The van der Waals surface area contributed by atoms with Gasteiger partial charge in [-0.05, 0) is 83.5 Å². The van der Waals surface area contributed by atoms with Crippen molar-refractivity contribution in [2.24, 2.45) is 0 Å². The molecule has 1 fully saturated rings. The van der Waals surface area contributed by atoms with Gasteiger partial charge in [-0.25, -0.2) is 4.79 Å². The van der Waals surface area contributed by atoms with E-state index in [2.05, 4.69) is 106 Å². The molecule has 0 radical (unpaired) electrons. The third-order valence-electron chi connectivity index (χ3n) is 10.9. The summed E-state index contributed by atoms with van der Waals surface area (Å²) in [4.78, 5) is 50.7. The van der Waals surface area contributed by atoms with Crippen molar-refractivity contribution in [3.8, 4) is 0 Å². The number of carbonyl (C=O) groups is 4. The monoisotopic (exact) mass is 965 g/mol. The highest BCUT2D eigenvalue weighted by Gasteiger charge is 2.50. The third kappa shape index (κ3) is 35.2. The zero-order chi connectivity index (χ0) is 50.4. The minimum atomic E-state index is -1.92. The molecule has 0 spiro atoms. The van der Waals surface area contributed by atoms with Crippen molar-refractivity contribution in [1.29, 1.82) is 0 Å². The number of hydrogen-bond donors (Lipinski definition) is 3. The molecule has 0 bridgehead atoms. The van der Waals surface area contributed by atoms with Gasteiger partial charge in [0.1, 0.15) is 18.8 Å². The van der Waals surface area contributed by atoms with Gasteiger partial charge in [-0.1, -0.05) is 182 Å². The van der Waals surface area contributed by atoms with Crippen molar-refractivity contribution in [3.63, 3.8) is 0 Å². The van der Waals surface area contributed by atoms with Gasteiger partial charge in [0.05, 0.1) is 13.0 Å². The fourth-order valence-corrected chi connectivity index (χ4v) is 6.96. The summed E-state index contributed by atoms with van der Waals surface area (Å²) in [6, 6.07) is 0. The zero-order valence-electron chi connectivity index (χ0n) is 42.3. The largest absolute Gasteiger partial charge is 0.479 e. The van der Waals surface area contributed by atoms with Gasteiger partial charge in [0.25, 0.3) is 0 Å². The van der Waals surface area contributed by atoms with Crippen LogP contribution in [0.3, 0.4) is 0 Å². The SMILES string of the molecule is CC/C=C\C/C=C\C/C=C\C/C=C\C/C=C\CC(=O)OCC(COC1OC(C(=O)O)C(O)C(O)C1OC(=O)CCCCCCCCCCC)OC(=O)CCCC/C=C\C/C=C\C/C=C\C/C=C\CC. The summed E-state index contributed by atoms with van der Waals surface area (Å²) in [6.07, 6.45) is 46.9. The number of carboxylic acid groups (broad SMARTS) is 1. The molecule has 1 rings (SSSR count). The van der Waals surface area contributed by atoms with Crippen LogP contribution in [-0.4, -0.2) is 89.2 Å². The van der Waals surface area contributed by atoms with Gasteiger partial charge in [0.2, 0.25) is 0 Å². The van der Waals surface area contributed by atoms with Crippen LogP contribution in [0.2, 0.25) is 0 Å². The molecule has 3 N–H and O–H groups in total. The van der Waals surface area contributed by atoms with Crippen LogP contribution in [0.4, 0.5) is 0 Å². The number of unbranched alkanes of at least 4 members (excludes halogenated alkanes) is 10. The second-order valence-corrected chi connectivity index (χ2v) is 17.1. The average molecular weight is 965 g/mol. The average Bonchev–Trinajstić information content (AvgIpc) is 3.33. The molecule has 12 nitrogen and oxygen atoms in total. The first-order chi connectivity index (χ1) is 33.6. The lowest BCUT2D eigenvalue weighted by Crippen LogP contribution is -2.61. The van der Waals surface area contributed by atoms with Crippen LogP contribution >= 0.6 is 0 Å². The maximum atomic E-state index is 13.1. The van der Waals surface area contributed by atoms with E-state index in [1.165, 1.54) is 25.7 Å². The van der Waals surface area contributed by atoms with Gasteiger partial charge in [-0.15, -0.1) is 0 Å². The van der Waals surface area contributed by atoms with E-state index in [-0.39, 0.29) is 25.9 Å². The molecule has 69 heavy (non-hydrogen) atoms. The smallest absolute Gasteiger partial charge is 0.335 e. The lowest BCUT2D eigenvalue weighted by molar-refractivity contribution is -0.301. The predicted octanol–water partition coefficient (Wildman–Crippen LogP) is 12.3. The van der Waals surface area contributed by atoms with Crippen molar-refractivity contribution in [1.82, 2.24) is 0 Å². The highest BCUT2D eigenvalue weighted by atomic mass is 16.7. The Hall–Kier alpha value is -4.62. The standard InChI is InChI=1S/C57H88O12/c1-4-7-10-13-16-19-21-23-25-27-29-32-34-37-40-43-49(58)65-46-48(67-50(59)44-41-38-36-33-30-28-26-24-22-20-17-14-11-8-5-2)47-66-57-55(53(62)52(61)54(69-57)56(63)64)68-51(60)45-42-39-35-31-18-15-12-9-6-3/h7-8,10-11,16-17,19-20,23-26,29-30,32-33,37,40,48,52-55,57,61-62H,4-6,9,12-15,18,21-22,27-28,31,34-36,38-39,41-47H2,1-3H3,(H,63,64)/b10-7-,11-8-,19-16-,20-17-,25-23-,26-24-,32-29-,33-30-,40-37-. The number of ether oxygens (including phenoxy) is 5. The predicted molar refractivity (Wildman–Crippen MR) is 275 cm³/mol. The van der Waals surface area contributed by atoms with Crippen LogP contribution in [0.1, 0.15) is 175 Å². The molecule has 0 aromatic rings. The number of hydrogen-bond acceptors (Lipinski definition) is 11. The van der Waals surface area contributed by atoms with Gasteiger partial charge in [0, 0.05) is 12.8 Å². The Kier molecular flexibility index (Phi) is 40.3. The Morgan fingerprint density at radius 3 is 1.46 bits per heavy atom. The van der Waals surface area contributed by atoms with Crippen molar-refractivity contribution in [3.05, 3.63) is 109 Å². The number of aliphatic carboxylic acids is 1. The molecule has 6 atom stereocenters. The molecular weight excluding hydrogens is 877 g/mol. The molecule has 6 unspecified atom stereocenters. The van der Waals surface area contributed by atoms with Crippen LogP contribution in [0.25, 0.3) is 0 Å².